The molecule has 30 heavy (non-hydrogen) atoms. The molecule has 158 valence electrons. The number of likely N-dealkylation sites (tertiary alicyclic amines) is 1. The average molecular weight is 407 g/mol. The third-order valence-corrected chi connectivity index (χ3v) is 5.50. The van der Waals surface area contributed by atoms with Gasteiger partial charge in [-0.15, -0.1) is 10.2 Å². The van der Waals surface area contributed by atoms with Gasteiger partial charge in [-0.25, -0.2) is 4.68 Å². The fourth-order valence-electron chi connectivity index (χ4n) is 3.88. The molecule has 0 radical (unpaired) electrons. The Hall–Kier alpha value is -3.27. The second kappa shape index (κ2) is 10.5. The molecule has 1 saturated heterocycles. The Labute approximate surface area is 178 Å². The van der Waals surface area contributed by atoms with Crippen LogP contribution in [-0.2, 0) is 0 Å². The third kappa shape index (κ3) is 5.41. The molecule has 0 spiro atoms. The quantitative estimate of drug-likeness (QED) is 0.548. The summed E-state index contributed by atoms with van der Waals surface area (Å²) in [7, 11) is 0. The summed E-state index contributed by atoms with van der Waals surface area (Å²) >= 11 is 0. The zero-order valence-corrected chi connectivity index (χ0v) is 17.6. The minimum atomic E-state index is 0.0664. The second-order valence-electron chi connectivity index (χ2n) is 7.73. The van der Waals surface area contributed by atoms with Crippen molar-refractivity contribution in [2.75, 3.05) is 24.6 Å². The first-order valence-electron chi connectivity index (χ1n) is 10.5. The smallest absolute Gasteiger partial charge is 0.139 e. The lowest BCUT2D eigenvalue weighted by atomic mass is 9.98. The van der Waals surface area contributed by atoms with Crippen LogP contribution in [0, 0.1) is 11.3 Å². The van der Waals surface area contributed by atoms with Crippen molar-refractivity contribution in [1.82, 2.24) is 19.8 Å². The van der Waals surface area contributed by atoms with Crippen LogP contribution in [-0.4, -0.2) is 50.6 Å². The molecule has 1 aliphatic heterocycles. The van der Waals surface area contributed by atoms with Gasteiger partial charge >= 0.3 is 0 Å². The summed E-state index contributed by atoms with van der Waals surface area (Å²) in [5.74, 6) is 0.132. The fourth-order valence-corrected chi connectivity index (χ4v) is 3.88. The number of aliphatic hydroxyl groups is 1. The average Bonchev–Trinajstić information content (AvgIpc) is 3.17. The molecule has 3 rings (SSSR count). The van der Waals surface area contributed by atoms with Crippen molar-refractivity contribution in [3.63, 3.8) is 0 Å². The van der Waals surface area contributed by atoms with E-state index >= 15 is 0 Å². The topological polar surface area (TPSA) is 81.2 Å². The largest absolute Gasteiger partial charge is 0.508 e. The van der Waals surface area contributed by atoms with E-state index in [0.29, 0.717) is 6.54 Å². The Kier molecular flexibility index (Phi) is 7.50. The maximum absolute atomic E-state index is 9.69. The molecule has 7 heteroatoms. The minimum absolute atomic E-state index is 0.0664. The van der Waals surface area contributed by atoms with E-state index in [1.807, 2.05) is 23.8 Å². The first kappa shape index (κ1) is 21.4. The highest BCUT2D eigenvalue weighted by Gasteiger charge is 2.25. The van der Waals surface area contributed by atoms with Crippen LogP contribution >= 0.6 is 0 Å². The highest BCUT2D eigenvalue weighted by atomic mass is 16.3. The maximum Gasteiger partial charge on any atom is 0.139 e. The van der Waals surface area contributed by atoms with Crippen molar-refractivity contribution in [2.45, 2.75) is 45.1 Å². The SMILES string of the molecule is C=C/C(O)=C\C=C(/C)CN(C1C=C(N2CCCCCC2)C(C#N)=CC1)n1cnnc1. The van der Waals surface area contributed by atoms with Crippen LogP contribution in [0.15, 0.2) is 72.2 Å². The van der Waals surface area contributed by atoms with E-state index in [4.69, 9.17) is 0 Å². The van der Waals surface area contributed by atoms with Crippen LogP contribution in [0.4, 0.5) is 0 Å². The summed E-state index contributed by atoms with van der Waals surface area (Å²) in [6.45, 7) is 8.20. The predicted octanol–water partition coefficient (Wildman–Crippen LogP) is 3.77. The molecule has 1 N–H and O–H groups in total. The number of allylic oxidation sites excluding steroid dienone is 4. The van der Waals surface area contributed by atoms with Crippen molar-refractivity contribution < 1.29 is 5.11 Å². The maximum atomic E-state index is 9.69. The minimum Gasteiger partial charge on any atom is -0.508 e. The molecule has 2 aliphatic rings. The van der Waals surface area contributed by atoms with E-state index in [2.05, 4.69) is 38.8 Å². The van der Waals surface area contributed by atoms with Crippen LogP contribution in [0.5, 0.6) is 0 Å². The number of aromatic nitrogens is 3. The van der Waals surface area contributed by atoms with Crippen molar-refractivity contribution in [3.05, 3.63) is 72.2 Å². The molecule has 0 amide bonds. The number of nitrogens with zero attached hydrogens (tertiary/aromatic N) is 6. The van der Waals surface area contributed by atoms with E-state index in [9.17, 15) is 10.4 Å². The van der Waals surface area contributed by atoms with E-state index in [1.165, 1.54) is 18.9 Å². The molecule has 1 aromatic heterocycles. The first-order chi connectivity index (χ1) is 14.6. The lowest BCUT2D eigenvalue weighted by Gasteiger charge is -2.36. The van der Waals surface area contributed by atoms with Gasteiger partial charge in [-0.3, -0.25) is 5.01 Å². The van der Waals surface area contributed by atoms with Crippen LogP contribution in [0.3, 0.4) is 0 Å². The molecule has 1 aliphatic carbocycles. The molecule has 0 aromatic carbocycles. The van der Waals surface area contributed by atoms with Gasteiger partial charge in [0, 0.05) is 13.1 Å². The number of hydrogen-bond donors (Lipinski definition) is 1. The van der Waals surface area contributed by atoms with Gasteiger partial charge in [0.05, 0.1) is 23.9 Å². The summed E-state index contributed by atoms with van der Waals surface area (Å²) in [5.41, 5.74) is 2.87. The van der Waals surface area contributed by atoms with Crippen molar-refractivity contribution in [1.29, 1.82) is 5.26 Å². The zero-order chi connectivity index (χ0) is 21.3. The van der Waals surface area contributed by atoms with Crippen LogP contribution in [0.2, 0.25) is 0 Å². The summed E-state index contributed by atoms with van der Waals surface area (Å²) in [6.07, 6.45) is 18.1. The van der Waals surface area contributed by atoms with Gasteiger partial charge in [-0.05, 0) is 44.4 Å². The van der Waals surface area contributed by atoms with Gasteiger partial charge < -0.3 is 10.0 Å². The van der Waals surface area contributed by atoms with Gasteiger partial charge in [-0.1, -0.05) is 37.1 Å². The Bertz CT molecular complexity index is 879. The van der Waals surface area contributed by atoms with Gasteiger partial charge in [0.2, 0.25) is 0 Å². The molecule has 1 fully saturated rings. The lowest BCUT2D eigenvalue weighted by molar-refractivity contribution is 0.359. The predicted molar refractivity (Wildman–Crippen MR) is 118 cm³/mol. The Morgan fingerprint density at radius 1 is 1.27 bits per heavy atom. The number of rotatable bonds is 7. The summed E-state index contributed by atoms with van der Waals surface area (Å²) in [4.78, 5) is 2.37. The van der Waals surface area contributed by atoms with Crippen LogP contribution in [0.1, 0.15) is 39.0 Å². The Balaban J connectivity index is 1.88. The van der Waals surface area contributed by atoms with Crippen molar-refractivity contribution in [2.24, 2.45) is 0 Å². The summed E-state index contributed by atoms with van der Waals surface area (Å²) in [6, 6.07) is 2.46. The van der Waals surface area contributed by atoms with Crippen LogP contribution in [0.25, 0.3) is 0 Å². The zero-order valence-electron chi connectivity index (χ0n) is 17.6. The number of aliphatic hydroxyl groups excluding tert-OH is 1. The molecule has 0 bridgehead atoms. The molecular formula is C23H30N6O. The van der Waals surface area contributed by atoms with Crippen molar-refractivity contribution in [3.8, 4) is 6.07 Å². The van der Waals surface area contributed by atoms with E-state index in [0.717, 1.165) is 49.2 Å². The summed E-state index contributed by atoms with van der Waals surface area (Å²) in [5, 5.41) is 29.4. The van der Waals surface area contributed by atoms with Crippen molar-refractivity contribution >= 4 is 0 Å². The van der Waals surface area contributed by atoms with E-state index in [1.54, 1.807) is 18.7 Å². The molecule has 2 heterocycles. The van der Waals surface area contributed by atoms with Crippen LogP contribution < -0.4 is 5.01 Å². The monoisotopic (exact) mass is 406 g/mol. The number of hydrogen-bond acceptors (Lipinski definition) is 6. The summed E-state index contributed by atoms with van der Waals surface area (Å²) < 4.78 is 1.89. The highest BCUT2D eigenvalue weighted by molar-refractivity contribution is 5.45. The lowest BCUT2D eigenvalue weighted by Crippen LogP contribution is -2.45. The van der Waals surface area contributed by atoms with Gasteiger partial charge in [0.15, 0.2) is 0 Å². The van der Waals surface area contributed by atoms with E-state index < -0.39 is 0 Å². The first-order valence-corrected chi connectivity index (χ1v) is 10.5. The highest BCUT2D eigenvalue weighted by Crippen LogP contribution is 2.27. The molecule has 1 aromatic rings. The standard InChI is InChI=1S/C23H30N6O/c1-3-22(30)11-8-19(2)16-29(28-17-25-26-18-28)21-10-9-20(15-24)23(14-21)27-12-6-4-5-7-13-27/h3,8-9,11,14,17-18,21,30H,1,4-7,10,12-13,16H2,2H3/b19-8+,22-11+. The van der Waals surface area contributed by atoms with Gasteiger partial charge in [-0.2, -0.15) is 5.26 Å². The Morgan fingerprint density at radius 3 is 2.60 bits per heavy atom. The molecule has 1 atom stereocenters. The fraction of sp³-hybridized carbons (Fsp3) is 0.435. The molecule has 7 nitrogen and oxygen atoms in total. The van der Waals surface area contributed by atoms with E-state index in [-0.39, 0.29) is 11.8 Å². The molecule has 0 saturated carbocycles. The Morgan fingerprint density at radius 2 is 1.97 bits per heavy atom. The normalized spacial score (nSPS) is 20.7. The van der Waals surface area contributed by atoms with Gasteiger partial charge in [0.25, 0.3) is 0 Å². The third-order valence-electron chi connectivity index (χ3n) is 5.50. The molecule has 1 unspecified atom stereocenters. The number of nitriles is 1. The van der Waals surface area contributed by atoms with Gasteiger partial charge in [0.1, 0.15) is 24.5 Å². The second-order valence-corrected chi connectivity index (χ2v) is 7.73. The molecular weight excluding hydrogens is 376 g/mol.